The molecule has 2 N–H and O–H groups in total. The van der Waals surface area contributed by atoms with E-state index >= 15 is 9.59 Å². The van der Waals surface area contributed by atoms with E-state index in [1.165, 1.54) is 31.3 Å². The molecule has 9 heterocycles. The number of allylic oxidation sites excluding steroid dienone is 2. The lowest BCUT2D eigenvalue weighted by molar-refractivity contribution is -0.296. The van der Waals surface area contributed by atoms with Crippen LogP contribution in [0.2, 0.25) is 0 Å². The number of rotatable bonds is 7. The summed E-state index contributed by atoms with van der Waals surface area (Å²) in [5.41, 5.74) is 7.94. The van der Waals surface area contributed by atoms with Crippen molar-refractivity contribution in [2.45, 2.75) is 134 Å². The first-order valence-electron chi connectivity index (χ1n) is 22.5. The Morgan fingerprint density at radius 1 is 1.00 bits per heavy atom. The molecule has 0 radical (unpaired) electrons. The molecule has 8 nitrogen and oxygen atoms in total. The van der Waals surface area contributed by atoms with Crippen LogP contribution in [0, 0.1) is 52.3 Å². The van der Waals surface area contributed by atoms with Gasteiger partial charge in [-0.25, -0.2) is 4.79 Å². The van der Waals surface area contributed by atoms with Gasteiger partial charge in [-0.1, -0.05) is 69.5 Å². The van der Waals surface area contributed by atoms with E-state index in [2.05, 4.69) is 54.9 Å². The first kappa shape index (κ1) is 35.4. The number of nitrogens with two attached hydrogens (primary N) is 1. The van der Waals surface area contributed by atoms with Crippen molar-refractivity contribution >= 4 is 17.7 Å². The Labute approximate surface area is 327 Å². The van der Waals surface area contributed by atoms with Crippen LogP contribution in [0.15, 0.2) is 41.5 Å². The van der Waals surface area contributed by atoms with Gasteiger partial charge in [-0.2, -0.15) is 0 Å². The Morgan fingerprint density at radius 3 is 2.67 bits per heavy atom. The molecule has 0 aromatic heterocycles. The zero-order valence-corrected chi connectivity index (χ0v) is 33.3. The number of carbonyl (C=O) groups is 3. The molecule has 9 aliphatic heterocycles. The summed E-state index contributed by atoms with van der Waals surface area (Å²) in [5, 5.41) is 0. The van der Waals surface area contributed by atoms with Gasteiger partial charge in [0.05, 0.1) is 11.0 Å². The standard InChI is InChI=1S/C47H61N3O5/c1-4-8-31-22-37(51)42-45-18-17-33-34(15-14-32-26(3)20-29-13-16-36-30-21-27(23-49(31)25-30)24-50(36)41(29)40(32)33)46(45,44(53)54-42)38(9-5-2)47(45)35-12-6-10-28(11-7-19-48)39(35)43(52)55-47/h6,10,12,14-15,26-27,29-32,36,38,40-42H,4-5,7-9,11,13,16-25,48H2,1-3H3. The number of ether oxygens (including phenoxy) is 2. The normalized spacial score (nSPS) is 48.1. The summed E-state index contributed by atoms with van der Waals surface area (Å²) >= 11 is 0. The minimum atomic E-state index is -1.11. The number of esters is 2. The summed E-state index contributed by atoms with van der Waals surface area (Å²) in [6.45, 7) is 10.7. The van der Waals surface area contributed by atoms with Gasteiger partial charge in [0.25, 0.3) is 0 Å². The van der Waals surface area contributed by atoms with Crippen LogP contribution in [0.3, 0.4) is 0 Å². The molecule has 13 aliphatic rings. The van der Waals surface area contributed by atoms with Crippen LogP contribution >= 0.6 is 0 Å². The Morgan fingerprint density at radius 2 is 1.85 bits per heavy atom. The van der Waals surface area contributed by atoms with Gasteiger partial charge in [-0.05, 0) is 111 Å². The lowest BCUT2D eigenvalue weighted by atomic mass is 9.28. The highest BCUT2D eigenvalue weighted by atomic mass is 16.6. The molecule has 4 aliphatic carbocycles. The molecule has 8 fully saturated rings. The first-order valence-corrected chi connectivity index (χ1v) is 22.5. The Hall–Kier alpha value is -2.81. The van der Waals surface area contributed by atoms with E-state index in [1.807, 2.05) is 6.07 Å². The minimum absolute atomic E-state index is 0.0332. The molecule has 1 aromatic carbocycles. The van der Waals surface area contributed by atoms with E-state index in [-0.39, 0.29) is 29.7 Å². The smallest absolute Gasteiger partial charge is 0.339 e. The van der Waals surface area contributed by atoms with Crippen LogP contribution < -0.4 is 5.73 Å². The third-order valence-electron chi connectivity index (χ3n) is 17.8. The number of nitrogens with zero attached hydrogens (tertiary/aromatic N) is 2. The third kappa shape index (κ3) is 4.18. The van der Waals surface area contributed by atoms with Crippen LogP contribution in [0.4, 0.5) is 0 Å². The molecule has 16 unspecified atom stereocenters. The van der Waals surface area contributed by atoms with Gasteiger partial charge >= 0.3 is 11.9 Å². The maximum absolute atomic E-state index is 15.5. The van der Waals surface area contributed by atoms with Gasteiger partial charge in [0.1, 0.15) is 5.41 Å². The molecule has 1 aromatic rings. The highest BCUT2D eigenvalue weighted by Crippen LogP contribution is 2.86. The van der Waals surface area contributed by atoms with Crippen LogP contribution in [0.25, 0.3) is 0 Å². The van der Waals surface area contributed by atoms with Gasteiger partial charge in [0, 0.05) is 61.6 Å². The van der Waals surface area contributed by atoms with Crippen molar-refractivity contribution in [3.63, 3.8) is 0 Å². The molecular weight excluding hydrogens is 687 g/mol. The number of benzene rings is 1. The lowest BCUT2D eigenvalue weighted by Crippen LogP contribution is -2.79. The average Bonchev–Trinajstić information content (AvgIpc) is 3.64. The van der Waals surface area contributed by atoms with Crippen molar-refractivity contribution in [2.24, 2.45) is 58.0 Å². The molecule has 55 heavy (non-hydrogen) atoms. The van der Waals surface area contributed by atoms with E-state index in [4.69, 9.17) is 15.2 Å². The Bertz CT molecular complexity index is 1910. The molecule has 14 rings (SSSR count). The monoisotopic (exact) mass is 747 g/mol. The fraction of sp³-hybridized carbons (Fsp3) is 0.723. The predicted octanol–water partition coefficient (Wildman–Crippen LogP) is 6.75. The van der Waals surface area contributed by atoms with Crippen molar-refractivity contribution in [3.05, 3.63) is 58.2 Å². The minimum Gasteiger partial charge on any atom is -0.453 e. The second-order valence-electron chi connectivity index (χ2n) is 19.9. The fourth-order valence-corrected chi connectivity index (χ4v) is 16.4. The maximum atomic E-state index is 15.5. The second-order valence-corrected chi connectivity index (χ2v) is 19.9. The van der Waals surface area contributed by atoms with Crippen LogP contribution in [-0.2, 0) is 31.1 Å². The van der Waals surface area contributed by atoms with Crippen molar-refractivity contribution in [3.8, 4) is 0 Å². The van der Waals surface area contributed by atoms with Gasteiger partial charge in [-0.15, -0.1) is 0 Å². The number of fused-ring (bicyclic) bond motifs is 2. The molecule has 2 saturated carbocycles. The van der Waals surface area contributed by atoms with Crippen molar-refractivity contribution in [1.29, 1.82) is 0 Å². The Kier molecular flexibility index (Phi) is 7.94. The number of aryl methyl sites for hydroxylation is 1. The summed E-state index contributed by atoms with van der Waals surface area (Å²) in [7, 11) is 0. The van der Waals surface area contributed by atoms with E-state index in [0.29, 0.717) is 85.4 Å². The highest BCUT2D eigenvalue weighted by molar-refractivity contribution is 6.02. The highest BCUT2D eigenvalue weighted by Gasteiger charge is 2.94. The maximum Gasteiger partial charge on any atom is 0.339 e. The SMILES string of the molecule is CCCC1CC(=O)C2OC(=O)C34C5=C(CCC23C2(OC(=O)c3c(CCCN)cccc32)C4CCC)C2C(C=C5)C(C)CC3CCC4C5CC(CN1C5)CN4C32. The number of hydrogen-bond acceptors (Lipinski definition) is 8. The number of carbonyl (C=O) groups excluding carboxylic acids is 3. The molecule has 294 valence electrons. The van der Waals surface area contributed by atoms with E-state index in [9.17, 15) is 4.79 Å². The van der Waals surface area contributed by atoms with Crippen molar-refractivity contribution in [2.75, 3.05) is 26.2 Å². The van der Waals surface area contributed by atoms with Gasteiger partial charge in [-0.3, -0.25) is 19.4 Å². The van der Waals surface area contributed by atoms with Crippen LogP contribution in [0.5, 0.6) is 0 Å². The van der Waals surface area contributed by atoms with E-state index in [0.717, 1.165) is 68.4 Å². The summed E-state index contributed by atoms with van der Waals surface area (Å²) in [4.78, 5) is 51.2. The molecular formula is C47H61N3O5. The molecule has 8 heteroatoms. The topological polar surface area (TPSA) is 102 Å². The number of Topliss-reactive ketones (excluding diaryl/α,β-unsaturated/α-hetero) is 1. The third-order valence-corrected chi connectivity index (χ3v) is 17.8. The van der Waals surface area contributed by atoms with Crippen LogP contribution in [0.1, 0.15) is 119 Å². The van der Waals surface area contributed by atoms with Gasteiger partial charge in [0.15, 0.2) is 17.5 Å². The number of piperidine rings is 3. The zero-order chi connectivity index (χ0) is 37.6. The van der Waals surface area contributed by atoms with Crippen molar-refractivity contribution < 1.29 is 23.9 Å². The van der Waals surface area contributed by atoms with E-state index < -0.39 is 22.5 Å². The average molecular weight is 748 g/mol. The summed E-state index contributed by atoms with van der Waals surface area (Å²) in [6, 6.07) is 7.37. The zero-order valence-electron chi connectivity index (χ0n) is 33.3. The summed E-state index contributed by atoms with van der Waals surface area (Å²) in [5.74, 6) is 2.47. The summed E-state index contributed by atoms with van der Waals surface area (Å²) in [6.07, 6.45) is 15.8. The Balaban J connectivity index is 1.17. The largest absolute Gasteiger partial charge is 0.453 e. The van der Waals surface area contributed by atoms with Gasteiger partial charge in [0.2, 0.25) is 0 Å². The van der Waals surface area contributed by atoms with Crippen molar-refractivity contribution in [1.82, 2.24) is 9.80 Å². The number of ketones is 1. The quantitative estimate of drug-likeness (QED) is 0.306. The molecule has 2 spiro atoms. The molecule has 0 amide bonds. The molecule has 12 bridgehead atoms. The van der Waals surface area contributed by atoms with Crippen LogP contribution in [-0.4, -0.2) is 77.9 Å². The summed E-state index contributed by atoms with van der Waals surface area (Å²) < 4.78 is 13.8. The number of hydrogen-bond donors (Lipinski definition) is 1. The second kappa shape index (κ2) is 12.3. The first-order chi connectivity index (χ1) is 26.7. The molecule has 16 atom stereocenters. The fourth-order valence-electron chi connectivity index (χ4n) is 16.4. The predicted molar refractivity (Wildman–Crippen MR) is 209 cm³/mol. The lowest BCUT2D eigenvalue weighted by Gasteiger charge is -2.72. The van der Waals surface area contributed by atoms with Gasteiger partial charge < -0.3 is 15.2 Å². The van der Waals surface area contributed by atoms with E-state index in [1.54, 1.807) is 0 Å². The molecule has 6 saturated heterocycles.